The topological polar surface area (TPSA) is 102 Å². The normalized spacial score (nSPS) is 24.0. The monoisotopic (exact) mass is 593 g/mol. The highest BCUT2D eigenvalue weighted by atomic mass is 35.5. The molecule has 0 saturated carbocycles. The number of anilines is 1. The molecule has 2 amide bonds. The average molecular weight is 594 g/mol. The molecule has 2 heterocycles. The average Bonchev–Trinajstić information content (AvgIpc) is 3.39. The zero-order valence-electron chi connectivity index (χ0n) is 23.8. The summed E-state index contributed by atoms with van der Waals surface area (Å²) in [6, 6.07) is 19.5. The summed E-state index contributed by atoms with van der Waals surface area (Å²) in [4.78, 5) is 30.3. The Hall–Kier alpha value is -3.30. The van der Waals surface area contributed by atoms with Gasteiger partial charge in [-0.15, -0.1) is 0 Å². The Labute approximate surface area is 250 Å². The van der Waals surface area contributed by atoms with Crippen LogP contribution < -0.4 is 10.6 Å². The molecule has 9 heteroatoms. The third kappa shape index (κ3) is 5.44. The predicted molar refractivity (Wildman–Crippen MR) is 161 cm³/mol. The van der Waals surface area contributed by atoms with Gasteiger partial charge in [-0.2, -0.15) is 0 Å². The first-order valence-corrected chi connectivity index (χ1v) is 14.8. The molecule has 2 aliphatic rings. The van der Waals surface area contributed by atoms with E-state index in [1.54, 1.807) is 0 Å². The van der Waals surface area contributed by atoms with Crippen LogP contribution in [0.2, 0.25) is 5.02 Å². The van der Waals surface area contributed by atoms with Crippen LogP contribution in [0, 0.1) is 12.7 Å². The molecule has 1 fully saturated rings. The second-order valence-electron chi connectivity index (χ2n) is 11.4. The van der Waals surface area contributed by atoms with Gasteiger partial charge in [0.15, 0.2) is 0 Å². The molecule has 222 valence electrons. The van der Waals surface area contributed by atoms with Crippen LogP contribution in [-0.4, -0.2) is 65.3 Å². The van der Waals surface area contributed by atoms with Crippen LogP contribution in [-0.2, 0) is 21.4 Å². The van der Waals surface area contributed by atoms with E-state index < -0.39 is 41.9 Å². The number of carbonyl (C=O) groups is 2. The van der Waals surface area contributed by atoms with E-state index in [0.717, 1.165) is 24.0 Å². The van der Waals surface area contributed by atoms with Gasteiger partial charge in [-0.3, -0.25) is 14.5 Å². The van der Waals surface area contributed by atoms with E-state index in [-0.39, 0.29) is 29.8 Å². The lowest BCUT2D eigenvalue weighted by Gasteiger charge is -2.36. The van der Waals surface area contributed by atoms with E-state index in [1.165, 1.54) is 17.7 Å². The molecule has 0 aromatic heterocycles. The summed E-state index contributed by atoms with van der Waals surface area (Å²) in [6.45, 7) is 1.71. The molecular formula is C33H37ClFN3O4. The number of carbonyl (C=O) groups excluding carboxylic acids is 2. The molecule has 0 bridgehead atoms. The Morgan fingerprint density at radius 3 is 2.64 bits per heavy atom. The SMILES string of the molecule is Cc1cccc([C@H]2[C@H](C(=O)NCC[C@H](O)CO)N(C)[C@H](CCCc3ccccc3)[C@]23C(=O)Nc2cc(Cl)c(F)cc23)c1. The second kappa shape index (κ2) is 12.5. The van der Waals surface area contributed by atoms with Crippen molar-refractivity contribution in [2.75, 3.05) is 25.5 Å². The van der Waals surface area contributed by atoms with E-state index in [9.17, 15) is 19.8 Å². The molecular weight excluding hydrogens is 557 g/mol. The number of aliphatic hydroxyl groups excluding tert-OH is 2. The van der Waals surface area contributed by atoms with Crippen LogP contribution in [0.3, 0.4) is 0 Å². The minimum absolute atomic E-state index is 0.0816. The number of fused-ring (bicyclic) bond motifs is 2. The van der Waals surface area contributed by atoms with Crippen LogP contribution in [0.25, 0.3) is 0 Å². The summed E-state index contributed by atoms with van der Waals surface area (Å²) in [5, 5.41) is 24.9. The van der Waals surface area contributed by atoms with E-state index in [0.29, 0.717) is 17.7 Å². The first-order valence-electron chi connectivity index (χ1n) is 14.4. The number of aryl methyl sites for hydroxylation is 2. The van der Waals surface area contributed by atoms with Gasteiger partial charge in [0.25, 0.3) is 0 Å². The first-order chi connectivity index (χ1) is 20.2. The third-order valence-corrected chi connectivity index (χ3v) is 9.13. The van der Waals surface area contributed by atoms with Gasteiger partial charge in [0.1, 0.15) is 11.2 Å². The van der Waals surface area contributed by atoms with Crippen molar-refractivity contribution in [3.63, 3.8) is 0 Å². The molecule has 1 spiro atoms. The highest BCUT2D eigenvalue weighted by Crippen LogP contribution is 2.59. The number of likely N-dealkylation sites (N-methyl/N-ethyl adjacent to an activating group) is 1. The lowest BCUT2D eigenvalue weighted by atomic mass is 9.63. The molecule has 1 saturated heterocycles. The summed E-state index contributed by atoms with van der Waals surface area (Å²) in [6.07, 6.45) is 1.35. The van der Waals surface area contributed by atoms with Crippen molar-refractivity contribution >= 4 is 29.1 Å². The zero-order chi connectivity index (χ0) is 30.0. The Balaban J connectivity index is 1.62. The van der Waals surface area contributed by atoms with E-state index in [2.05, 4.69) is 22.8 Å². The van der Waals surface area contributed by atoms with Gasteiger partial charge in [0.2, 0.25) is 11.8 Å². The molecule has 0 radical (unpaired) electrons. The predicted octanol–water partition coefficient (Wildman–Crippen LogP) is 4.33. The maximum absolute atomic E-state index is 15.2. The minimum Gasteiger partial charge on any atom is -0.394 e. The van der Waals surface area contributed by atoms with Gasteiger partial charge in [-0.25, -0.2) is 4.39 Å². The maximum atomic E-state index is 15.2. The van der Waals surface area contributed by atoms with E-state index in [1.807, 2.05) is 61.3 Å². The van der Waals surface area contributed by atoms with E-state index >= 15 is 4.39 Å². The van der Waals surface area contributed by atoms with Crippen molar-refractivity contribution in [1.29, 1.82) is 0 Å². The number of nitrogens with zero attached hydrogens (tertiary/aromatic N) is 1. The maximum Gasteiger partial charge on any atom is 0.238 e. The Morgan fingerprint density at radius 1 is 1.17 bits per heavy atom. The van der Waals surface area contributed by atoms with Gasteiger partial charge in [-0.05, 0) is 68.5 Å². The van der Waals surface area contributed by atoms with Crippen LogP contribution in [0.5, 0.6) is 0 Å². The molecule has 0 aliphatic carbocycles. The first kappa shape index (κ1) is 30.2. The van der Waals surface area contributed by atoms with Gasteiger partial charge in [0.05, 0.1) is 23.8 Å². The molecule has 42 heavy (non-hydrogen) atoms. The Morgan fingerprint density at radius 2 is 1.93 bits per heavy atom. The number of halogens is 2. The number of hydrogen-bond acceptors (Lipinski definition) is 5. The zero-order valence-corrected chi connectivity index (χ0v) is 24.6. The summed E-state index contributed by atoms with van der Waals surface area (Å²) in [5.41, 5.74) is 2.65. The van der Waals surface area contributed by atoms with Crippen molar-refractivity contribution in [2.24, 2.45) is 0 Å². The third-order valence-electron chi connectivity index (χ3n) is 8.84. The number of likely N-dealkylation sites (tertiary alicyclic amines) is 1. The van der Waals surface area contributed by atoms with Crippen molar-refractivity contribution in [1.82, 2.24) is 10.2 Å². The summed E-state index contributed by atoms with van der Waals surface area (Å²) in [5.74, 6) is -1.84. The lowest BCUT2D eigenvalue weighted by Crippen LogP contribution is -2.48. The molecule has 4 N–H and O–H groups in total. The Kier molecular flexibility index (Phi) is 8.99. The van der Waals surface area contributed by atoms with E-state index in [4.69, 9.17) is 11.6 Å². The molecule has 3 aromatic carbocycles. The molecule has 5 rings (SSSR count). The number of benzene rings is 3. The number of rotatable bonds is 10. The number of amides is 2. The fourth-order valence-corrected chi connectivity index (χ4v) is 7.13. The molecule has 3 aromatic rings. The van der Waals surface area contributed by atoms with Crippen molar-refractivity contribution < 1.29 is 24.2 Å². The summed E-state index contributed by atoms with van der Waals surface area (Å²) < 4.78 is 15.2. The highest BCUT2D eigenvalue weighted by molar-refractivity contribution is 6.31. The number of nitrogens with one attached hydrogen (secondary N) is 2. The fourth-order valence-electron chi connectivity index (χ4n) is 6.97. The summed E-state index contributed by atoms with van der Waals surface area (Å²) in [7, 11) is 1.86. The standard InChI is InChI=1S/C33H37ClFN3O4/c1-20-8-6-12-22(16-20)29-30(31(41)36-15-14-23(40)19-39)38(2)28(13-7-11-21-9-4-3-5-10-21)33(29)24-17-26(35)25(34)18-27(24)37-32(33)42/h3-6,8-10,12,16-18,23,28-30,39-40H,7,11,13-15,19H2,1-2H3,(H,36,41)(H,37,42)/t23-,28+,29-,30+,33-/m0/s1. The smallest absolute Gasteiger partial charge is 0.238 e. The number of aliphatic hydroxyl groups is 2. The van der Waals surface area contributed by atoms with Gasteiger partial charge in [-0.1, -0.05) is 71.8 Å². The minimum atomic E-state index is -1.27. The quantitative estimate of drug-likeness (QED) is 0.280. The van der Waals surface area contributed by atoms with Gasteiger partial charge < -0.3 is 20.8 Å². The second-order valence-corrected chi connectivity index (χ2v) is 11.9. The van der Waals surface area contributed by atoms with Crippen LogP contribution in [0.4, 0.5) is 10.1 Å². The van der Waals surface area contributed by atoms with Crippen LogP contribution in [0.1, 0.15) is 47.4 Å². The Bertz CT molecular complexity index is 1450. The van der Waals surface area contributed by atoms with Gasteiger partial charge >= 0.3 is 0 Å². The fraction of sp³-hybridized carbons (Fsp3) is 0.394. The number of hydrogen-bond donors (Lipinski definition) is 4. The molecule has 5 atom stereocenters. The molecule has 0 unspecified atom stereocenters. The largest absolute Gasteiger partial charge is 0.394 e. The highest BCUT2D eigenvalue weighted by Gasteiger charge is 2.67. The van der Waals surface area contributed by atoms with Crippen LogP contribution in [0.15, 0.2) is 66.7 Å². The van der Waals surface area contributed by atoms with Crippen LogP contribution >= 0.6 is 11.6 Å². The van der Waals surface area contributed by atoms with Crippen molar-refractivity contribution in [2.45, 2.75) is 62.1 Å². The molecule has 2 aliphatic heterocycles. The van der Waals surface area contributed by atoms with Crippen molar-refractivity contribution in [3.05, 3.63) is 99.8 Å². The van der Waals surface area contributed by atoms with Crippen molar-refractivity contribution in [3.8, 4) is 0 Å². The van der Waals surface area contributed by atoms with Gasteiger partial charge in [0, 0.05) is 24.2 Å². The molecule has 7 nitrogen and oxygen atoms in total. The summed E-state index contributed by atoms with van der Waals surface area (Å²) >= 11 is 6.16. The lowest BCUT2D eigenvalue weighted by molar-refractivity contribution is -0.126.